The van der Waals surface area contributed by atoms with Gasteiger partial charge in [-0.3, -0.25) is 24.1 Å². The van der Waals surface area contributed by atoms with E-state index in [-0.39, 0.29) is 23.8 Å². The molecule has 2 aromatic rings. The highest BCUT2D eigenvalue weighted by atomic mass is 16.5. The van der Waals surface area contributed by atoms with E-state index >= 15 is 0 Å². The fraction of sp³-hybridized carbons (Fsp3) is 0.385. The molecule has 3 saturated heterocycles. The number of anilines is 2. The van der Waals surface area contributed by atoms with Crippen molar-refractivity contribution in [2.24, 2.45) is 11.8 Å². The maximum Gasteiger partial charge on any atom is 0.308 e. The molecule has 4 unspecified atom stereocenters. The van der Waals surface area contributed by atoms with Crippen LogP contribution in [0.4, 0.5) is 11.4 Å². The Morgan fingerprint density at radius 1 is 1.06 bits per heavy atom. The molecule has 1 spiro atoms. The molecule has 0 radical (unpaired) electrons. The summed E-state index contributed by atoms with van der Waals surface area (Å²) in [6.45, 7) is 4.43. The van der Waals surface area contributed by atoms with Gasteiger partial charge < -0.3 is 9.64 Å². The second-order valence-electron chi connectivity index (χ2n) is 9.34. The van der Waals surface area contributed by atoms with Crippen LogP contribution in [0, 0.1) is 11.8 Å². The van der Waals surface area contributed by atoms with Crippen LogP contribution in [-0.2, 0) is 24.7 Å². The fourth-order valence-electron chi connectivity index (χ4n) is 6.74. The van der Waals surface area contributed by atoms with Crippen LogP contribution in [0.15, 0.2) is 48.5 Å². The van der Waals surface area contributed by atoms with Crippen molar-refractivity contribution < 1.29 is 23.9 Å². The molecule has 8 nitrogen and oxygen atoms in total. The summed E-state index contributed by atoms with van der Waals surface area (Å²) in [7, 11) is 0. The number of nitrogens with zero attached hydrogens (tertiary/aromatic N) is 3. The molecule has 34 heavy (non-hydrogen) atoms. The first-order chi connectivity index (χ1) is 16.4. The van der Waals surface area contributed by atoms with Crippen LogP contribution >= 0.6 is 0 Å². The summed E-state index contributed by atoms with van der Waals surface area (Å²) in [6, 6.07) is 13.9. The second kappa shape index (κ2) is 7.24. The zero-order chi connectivity index (χ0) is 23.8. The molecule has 174 valence electrons. The van der Waals surface area contributed by atoms with Gasteiger partial charge in [0.25, 0.3) is 5.91 Å². The Labute approximate surface area is 197 Å². The zero-order valence-electron chi connectivity index (χ0n) is 19.1. The smallest absolute Gasteiger partial charge is 0.308 e. The van der Waals surface area contributed by atoms with Gasteiger partial charge in [-0.25, -0.2) is 4.90 Å². The zero-order valence-corrected chi connectivity index (χ0v) is 19.1. The predicted octanol–water partition coefficient (Wildman–Crippen LogP) is 2.46. The summed E-state index contributed by atoms with van der Waals surface area (Å²) in [6.07, 6.45) is 1.67. The SMILES string of the molecule is CCN1C(=O)C2(c3ccccc31)C1C(=O)N(c3ccc(OC(C)=O)cc3)C(=O)C1C1CCCN12. The van der Waals surface area contributed by atoms with Crippen molar-refractivity contribution in [2.75, 3.05) is 22.9 Å². The summed E-state index contributed by atoms with van der Waals surface area (Å²) in [5.74, 6) is -2.16. The summed E-state index contributed by atoms with van der Waals surface area (Å²) in [5.41, 5.74) is 0.920. The van der Waals surface area contributed by atoms with Crippen LogP contribution < -0.4 is 14.5 Å². The third kappa shape index (κ3) is 2.46. The Hall–Kier alpha value is -3.52. The van der Waals surface area contributed by atoms with Gasteiger partial charge in [0.15, 0.2) is 0 Å². The molecule has 4 atom stereocenters. The maximum absolute atomic E-state index is 14.1. The molecule has 2 aromatic carbocycles. The molecule has 4 heterocycles. The molecule has 3 amide bonds. The number of hydrogen-bond donors (Lipinski definition) is 0. The summed E-state index contributed by atoms with van der Waals surface area (Å²) < 4.78 is 5.09. The largest absolute Gasteiger partial charge is 0.427 e. The van der Waals surface area contributed by atoms with Crippen molar-refractivity contribution in [2.45, 2.75) is 38.3 Å². The number of rotatable bonds is 3. The van der Waals surface area contributed by atoms with Crippen LogP contribution in [-0.4, -0.2) is 47.7 Å². The average Bonchev–Trinajstić information content (AvgIpc) is 3.52. The molecule has 0 aromatic heterocycles. The Kier molecular flexibility index (Phi) is 4.48. The number of imide groups is 1. The molecule has 0 saturated carbocycles. The number of ether oxygens (including phenoxy) is 1. The summed E-state index contributed by atoms with van der Waals surface area (Å²) in [5, 5.41) is 0. The van der Waals surface area contributed by atoms with Crippen molar-refractivity contribution in [3.63, 3.8) is 0 Å². The fourth-order valence-corrected chi connectivity index (χ4v) is 6.74. The maximum atomic E-state index is 14.1. The second-order valence-corrected chi connectivity index (χ2v) is 9.34. The van der Waals surface area contributed by atoms with Crippen molar-refractivity contribution in [3.05, 3.63) is 54.1 Å². The molecule has 8 heteroatoms. The van der Waals surface area contributed by atoms with Crippen LogP contribution in [0.3, 0.4) is 0 Å². The van der Waals surface area contributed by atoms with Crippen LogP contribution in [0.1, 0.15) is 32.3 Å². The number of carbonyl (C=O) groups excluding carboxylic acids is 4. The molecule has 0 aliphatic carbocycles. The first-order valence-corrected chi connectivity index (χ1v) is 11.8. The highest BCUT2D eigenvalue weighted by molar-refractivity contribution is 6.26. The van der Waals surface area contributed by atoms with E-state index in [0.717, 1.165) is 24.1 Å². The van der Waals surface area contributed by atoms with Gasteiger partial charge in [0.2, 0.25) is 11.8 Å². The molecule has 0 bridgehead atoms. The first kappa shape index (κ1) is 21.0. The molecule has 4 aliphatic heterocycles. The molecule has 6 rings (SSSR count). The van der Waals surface area contributed by atoms with Gasteiger partial charge in [-0.05, 0) is 56.6 Å². The molecular weight excluding hydrogens is 434 g/mol. The molecule has 3 fully saturated rings. The summed E-state index contributed by atoms with van der Waals surface area (Å²) in [4.78, 5) is 58.3. The number of benzene rings is 2. The number of amides is 3. The van der Waals surface area contributed by atoms with E-state index in [4.69, 9.17) is 4.74 Å². The molecular formula is C26H25N3O5. The topological polar surface area (TPSA) is 87.2 Å². The van der Waals surface area contributed by atoms with E-state index < -0.39 is 23.3 Å². The Morgan fingerprint density at radius 3 is 2.50 bits per heavy atom. The van der Waals surface area contributed by atoms with Crippen LogP contribution in [0.25, 0.3) is 0 Å². The lowest BCUT2D eigenvalue weighted by Gasteiger charge is -2.37. The number of para-hydroxylation sites is 1. The average molecular weight is 460 g/mol. The Morgan fingerprint density at radius 2 is 1.79 bits per heavy atom. The molecule has 0 N–H and O–H groups in total. The lowest BCUT2D eigenvalue weighted by atomic mass is 9.75. The Balaban J connectivity index is 1.48. The van der Waals surface area contributed by atoms with Gasteiger partial charge >= 0.3 is 5.97 Å². The van der Waals surface area contributed by atoms with Gasteiger partial charge in [0, 0.05) is 30.8 Å². The molecule has 4 aliphatic rings. The van der Waals surface area contributed by atoms with E-state index in [9.17, 15) is 19.2 Å². The third-order valence-corrected chi connectivity index (χ3v) is 7.82. The Bertz CT molecular complexity index is 1240. The minimum absolute atomic E-state index is 0.108. The van der Waals surface area contributed by atoms with Gasteiger partial charge in [0.1, 0.15) is 11.3 Å². The predicted molar refractivity (Wildman–Crippen MR) is 123 cm³/mol. The van der Waals surface area contributed by atoms with Crippen molar-refractivity contribution in [1.29, 1.82) is 0 Å². The minimum Gasteiger partial charge on any atom is -0.427 e. The van der Waals surface area contributed by atoms with E-state index in [0.29, 0.717) is 24.5 Å². The number of hydrogen-bond acceptors (Lipinski definition) is 6. The number of fused-ring (bicyclic) bond motifs is 7. The summed E-state index contributed by atoms with van der Waals surface area (Å²) >= 11 is 0. The monoisotopic (exact) mass is 459 g/mol. The van der Waals surface area contributed by atoms with Gasteiger partial charge in [0.05, 0.1) is 17.5 Å². The lowest BCUT2D eigenvalue weighted by molar-refractivity contribution is -0.137. The first-order valence-electron chi connectivity index (χ1n) is 11.8. The van der Waals surface area contributed by atoms with E-state index in [1.54, 1.807) is 29.2 Å². The van der Waals surface area contributed by atoms with E-state index in [1.165, 1.54) is 11.8 Å². The van der Waals surface area contributed by atoms with Crippen LogP contribution in [0.5, 0.6) is 5.75 Å². The number of esters is 1. The van der Waals surface area contributed by atoms with Gasteiger partial charge in [-0.2, -0.15) is 0 Å². The minimum atomic E-state index is -1.16. The lowest BCUT2D eigenvalue weighted by Crippen LogP contribution is -2.56. The standard InChI is InChI=1S/C26H25N3O5/c1-3-27-19-8-5-4-7-18(19)26(25(27)33)22-21(20-9-6-14-28(20)26)23(31)29(24(22)32)16-10-12-17(13-11-16)34-15(2)30/h4-5,7-8,10-13,20-22H,3,6,9,14H2,1-2H3. The van der Waals surface area contributed by atoms with Crippen molar-refractivity contribution >= 4 is 35.1 Å². The van der Waals surface area contributed by atoms with E-state index in [2.05, 4.69) is 4.90 Å². The van der Waals surface area contributed by atoms with Gasteiger partial charge in [-0.15, -0.1) is 0 Å². The van der Waals surface area contributed by atoms with E-state index in [1.807, 2.05) is 31.2 Å². The third-order valence-electron chi connectivity index (χ3n) is 7.82. The quantitative estimate of drug-likeness (QED) is 0.398. The highest BCUT2D eigenvalue weighted by Crippen LogP contribution is 2.61. The normalized spacial score (nSPS) is 29.7. The van der Waals surface area contributed by atoms with Gasteiger partial charge in [-0.1, -0.05) is 18.2 Å². The number of carbonyl (C=O) groups is 4. The number of likely N-dealkylation sites (N-methyl/N-ethyl adjacent to an activating group) is 1. The van der Waals surface area contributed by atoms with Crippen LogP contribution in [0.2, 0.25) is 0 Å². The highest BCUT2D eigenvalue weighted by Gasteiger charge is 2.75. The van der Waals surface area contributed by atoms with Crippen molar-refractivity contribution in [1.82, 2.24) is 4.90 Å². The van der Waals surface area contributed by atoms with Crippen molar-refractivity contribution in [3.8, 4) is 5.75 Å².